The highest BCUT2D eigenvalue weighted by molar-refractivity contribution is 5.71. The summed E-state index contributed by atoms with van der Waals surface area (Å²) in [5.41, 5.74) is 0. The summed E-state index contributed by atoms with van der Waals surface area (Å²) < 4.78 is 52.0. The van der Waals surface area contributed by atoms with Crippen molar-refractivity contribution in [2.75, 3.05) is 119 Å². The van der Waals surface area contributed by atoms with Gasteiger partial charge in [-0.15, -0.1) is 0 Å². The Morgan fingerprint density at radius 1 is 0.735 bits per heavy atom. The molecule has 0 aromatic heterocycles. The number of amides is 1. The van der Waals surface area contributed by atoms with E-state index in [9.17, 15) is 9.59 Å². The van der Waals surface area contributed by atoms with Crippen LogP contribution in [0.2, 0.25) is 0 Å². The van der Waals surface area contributed by atoms with Crippen LogP contribution in [0.3, 0.4) is 0 Å². The number of cyclic esters (lactones) is 1. The molecule has 1 heterocycles. The molecule has 1 rings (SSSR count). The number of methoxy groups -OCH3 is 1. The summed E-state index contributed by atoms with van der Waals surface area (Å²) in [5.74, 6) is -0.524. The van der Waals surface area contributed by atoms with Gasteiger partial charge >= 0.3 is 12.1 Å². The molecule has 1 aliphatic heterocycles. The maximum atomic E-state index is 11.5. The van der Waals surface area contributed by atoms with Gasteiger partial charge in [-0.05, 0) is 0 Å². The van der Waals surface area contributed by atoms with Crippen molar-refractivity contribution in [3.05, 3.63) is 0 Å². The van der Waals surface area contributed by atoms with Crippen LogP contribution < -0.4 is 5.32 Å². The number of carbonyl (C=O) groups excluding carboxylic acids is 2. The third kappa shape index (κ3) is 19.9. The van der Waals surface area contributed by atoms with Gasteiger partial charge in [-0.1, -0.05) is 0 Å². The molecule has 13 heteroatoms. The number of esters is 1. The van der Waals surface area contributed by atoms with Gasteiger partial charge in [0.15, 0.2) is 6.10 Å². The molecule has 0 unspecified atom stereocenters. The molecule has 34 heavy (non-hydrogen) atoms. The molecular formula is C21H39NO12. The van der Waals surface area contributed by atoms with Gasteiger partial charge < -0.3 is 52.7 Å². The Morgan fingerprint density at radius 3 is 1.53 bits per heavy atom. The van der Waals surface area contributed by atoms with Crippen LogP contribution in [0.15, 0.2) is 0 Å². The SMILES string of the molecule is COCCOCCOCCOCCOCCOCCOCCOCC(=O)OC[C@@H]1CNC(=O)O1. The molecule has 1 fully saturated rings. The molecule has 200 valence electrons. The van der Waals surface area contributed by atoms with Crippen LogP contribution in [0.5, 0.6) is 0 Å². The van der Waals surface area contributed by atoms with Gasteiger partial charge in [-0.2, -0.15) is 0 Å². The van der Waals surface area contributed by atoms with Gasteiger partial charge in [-0.25, -0.2) is 9.59 Å². The lowest BCUT2D eigenvalue weighted by atomic mass is 10.4. The van der Waals surface area contributed by atoms with E-state index in [0.717, 1.165) is 0 Å². The van der Waals surface area contributed by atoms with Gasteiger partial charge in [0.2, 0.25) is 0 Å². The zero-order valence-corrected chi connectivity index (χ0v) is 20.0. The van der Waals surface area contributed by atoms with Crippen LogP contribution in [-0.2, 0) is 52.2 Å². The summed E-state index contributed by atoms with van der Waals surface area (Å²) in [6.45, 7) is 6.75. The Bertz CT molecular complexity index is 496. The second kappa shape index (κ2) is 23.2. The smallest absolute Gasteiger partial charge is 0.407 e. The van der Waals surface area contributed by atoms with Crippen molar-refractivity contribution in [2.24, 2.45) is 0 Å². The normalized spacial score (nSPS) is 15.3. The number of carbonyl (C=O) groups is 2. The average Bonchev–Trinajstić information content (AvgIpc) is 3.26. The molecule has 0 aliphatic carbocycles. The van der Waals surface area contributed by atoms with Crippen LogP contribution in [-0.4, -0.2) is 138 Å². The predicted octanol–water partition coefficient (Wildman–Crippen LogP) is -0.599. The molecule has 1 amide bonds. The van der Waals surface area contributed by atoms with E-state index in [0.29, 0.717) is 92.4 Å². The monoisotopic (exact) mass is 497 g/mol. The lowest BCUT2D eigenvalue weighted by Gasteiger charge is -2.09. The first-order valence-electron chi connectivity index (χ1n) is 11.4. The number of ether oxygens (including phenoxy) is 10. The van der Waals surface area contributed by atoms with E-state index >= 15 is 0 Å². The summed E-state index contributed by atoms with van der Waals surface area (Å²) in [5, 5.41) is 2.47. The lowest BCUT2D eigenvalue weighted by Crippen LogP contribution is -2.24. The second-order valence-corrected chi connectivity index (χ2v) is 6.81. The van der Waals surface area contributed by atoms with Crippen molar-refractivity contribution in [3.63, 3.8) is 0 Å². The van der Waals surface area contributed by atoms with E-state index in [4.69, 9.17) is 47.4 Å². The van der Waals surface area contributed by atoms with Crippen molar-refractivity contribution in [2.45, 2.75) is 6.10 Å². The van der Waals surface area contributed by atoms with E-state index in [1.807, 2.05) is 0 Å². The summed E-state index contributed by atoms with van der Waals surface area (Å²) in [6.07, 6.45) is -0.961. The van der Waals surface area contributed by atoms with Crippen molar-refractivity contribution in [1.82, 2.24) is 5.32 Å². The molecule has 0 aromatic carbocycles. The summed E-state index contributed by atoms with van der Waals surface area (Å²) in [4.78, 5) is 22.3. The standard InChI is InChI=1S/C21H39NO12/c1-25-2-3-26-4-5-27-6-7-28-8-9-29-10-11-30-12-13-31-14-15-32-18-20(23)33-17-19-16-22-21(24)34-19/h19H,2-18H2,1H3,(H,22,24)/t19-/m0/s1. The first kappa shape index (κ1) is 30.5. The Morgan fingerprint density at radius 2 is 1.15 bits per heavy atom. The van der Waals surface area contributed by atoms with E-state index in [1.54, 1.807) is 7.11 Å². The second-order valence-electron chi connectivity index (χ2n) is 6.81. The molecule has 0 radical (unpaired) electrons. The molecule has 1 saturated heterocycles. The molecule has 0 saturated carbocycles. The number of alkyl carbamates (subject to hydrolysis) is 1. The van der Waals surface area contributed by atoms with Crippen LogP contribution in [0, 0.1) is 0 Å². The highest BCUT2D eigenvalue weighted by atomic mass is 16.6. The predicted molar refractivity (Wildman–Crippen MR) is 117 cm³/mol. The van der Waals surface area contributed by atoms with Gasteiger partial charge in [0, 0.05) is 7.11 Å². The maximum absolute atomic E-state index is 11.5. The third-order valence-electron chi connectivity index (χ3n) is 4.06. The van der Waals surface area contributed by atoms with Crippen LogP contribution in [0.1, 0.15) is 0 Å². The topological polar surface area (TPSA) is 138 Å². The number of rotatable bonds is 25. The Kier molecular flexibility index (Phi) is 20.8. The number of nitrogens with one attached hydrogen (secondary N) is 1. The molecule has 0 bridgehead atoms. The zero-order chi connectivity index (χ0) is 24.5. The van der Waals surface area contributed by atoms with Crippen molar-refractivity contribution in [1.29, 1.82) is 0 Å². The summed E-state index contributed by atoms with van der Waals surface area (Å²) >= 11 is 0. The highest BCUT2D eigenvalue weighted by Gasteiger charge is 2.23. The molecule has 1 aliphatic rings. The van der Waals surface area contributed by atoms with Crippen LogP contribution in [0.25, 0.3) is 0 Å². The van der Waals surface area contributed by atoms with Gasteiger partial charge in [0.1, 0.15) is 13.2 Å². The molecule has 0 aromatic rings. The molecule has 0 spiro atoms. The fourth-order valence-corrected chi connectivity index (χ4v) is 2.37. The fraction of sp³-hybridized carbons (Fsp3) is 0.905. The Hall–Kier alpha value is -1.58. The van der Waals surface area contributed by atoms with Crippen molar-refractivity contribution < 1.29 is 57.0 Å². The van der Waals surface area contributed by atoms with Gasteiger partial charge in [0.25, 0.3) is 0 Å². The van der Waals surface area contributed by atoms with E-state index in [-0.39, 0.29) is 19.8 Å². The number of hydrogen-bond donors (Lipinski definition) is 1. The fourth-order valence-electron chi connectivity index (χ4n) is 2.37. The molecule has 1 atom stereocenters. The van der Waals surface area contributed by atoms with Crippen LogP contribution >= 0.6 is 0 Å². The van der Waals surface area contributed by atoms with Crippen molar-refractivity contribution >= 4 is 12.1 Å². The third-order valence-corrected chi connectivity index (χ3v) is 4.06. The minimum atomic E-state index is -0.524. The van der Waals surface area contributed by atoms with Gasteiger partial charge in [-0.3, -0.25) is 0 Å². The van der Waals surface area contributed by atoms with E-state index < -0.39 is 18.2 Å². The van der Waals surface area contributed by atoms with Crippen molar-refractivity contribution in [3.8, 4) is 0 Å². The number of hydrogen-bond acceptors (Lipinski definition) is 12. The van der Waals surface area contributed by atoms with E-state index in [2.05, 4.69) is 5.32 Å². The summed E-state index contributed by atoms with van der Waals surface area (Å²) in [7, 11) is 1.63. The van der Waals surface area contributed by atoms with Gasteiger partial charge in [0.05, 0.1) is 99.0 Å². The molecule has 1 N–H and O–H groups in total. The minimum Gasteiger partial charge on any atom is -0.460 e. The molecular weight excluding hydrogens is 458 g/mol. The van der Waals surface area contributed by atoms with E-state index in [1.165, 1.54) is 0 Å². The lowest BCUT2D eigenvalue weighted by molar-refractivity contribution is -0.151. The Labute approximate surface area is 200 Å². The molecule has 13 nitrogen and oxygen atoms in total. The first-order chi connectivity index (χ1) is 16.7. The quantitative estimate of drug-likeness (QED) is 0.127. The first-order valence-corrected chi connectivity index (χ1v) is 11.4. The minimum absolute atomic E-state index is 0.00693. The summed E-state index contributed by atoms with van der Waals surface area (Å²) in [6, 6.07) is 0. The zero-order valence-electron chi connectivity index (χ0n) is 20.0. The largest absolute Gasteiger partial charge is 0.460 e. The Balaban J connectivity index is 1.67. The average molecular weight is 498 g/mol. The maximum Gasteiger partial charge on any atom is 0.407 e. The van der Waals surface area contributed by atoms with Crippen LogP contribution in [0.4, 0.5) is 4.79 Å². The highest BCUT2D eigenvalue weighted by Crippen LogP contribution is 2.00.